The van der Waals surface area contributed by atoms with E-state index in [9.17, 15) is 32.7 Å². The van der Waals surface area contributed by atoms with E-state index in [1.165, 1.54) is 6.20 Å². The number of carboxylic acids is 1. The first-order valence-corrected chi connectivity index (χ1v) is 9.82. The van der Waals surface area contributed by atoms with E-state index in [2.05, 4.69) is 11.7 Å². The Balaban J connectivity index is 2.15. The van der Waals surface area contributed by atoms with Gasteiger partial charge >= 0.3 is 18.2 Å². The van der Waals surface area contributed by atoms with Gasteiger partial charge in [0.25, 0.3) is 0 Å². The molecule has 0 aromatic rings. The van der Waals surface area contributed by atoms with Crippen molar-refractivity contribution >= 4 is 24.6 Å². The van der Waals surface area contributed by atoms with Crippen LogP contribution >= 0.6 is 0 Å². The van der Waals surface area contributed by atoms with E-state index >= 15 is 0 Å². The van der Waals surface area contributed by atoms with Crippen molar-refractivity contribution in [2.24, 2.45) is 16.8 Å². The number of imide groups is 1. The SMILES string of the molecule is C=NC=CC(=CC)CC1C(=O)N(C(=O)NC(C2CCCCC2)C(F)(F)F)C1C(=O)O. The molecule has 0 aromatic heterocycles. The normalized spacial score (nSPS) is 24.5. The average molecular weight is 429 g/mol. The molecule has 0 aromatic carbocycles. The molecule has 1 aliphatic heterocycles. The summed E-state index contributed by atoms with van der Waals surface area (Å²) in [7, 11) is 0. The highest BCUT2D eigenvalue weighted by atomic mass is 19.4. The predicted molar refractivity (Wildman–Crippen MR) is 104 cm³/mol. The summed E-state index contributed by atoms with van der Waals surface area (Å²) in [4.78, 5) is 40.6. The van der Waals surface area contributed by atoms with E-state index in [4.69, 9.17) is 0 Å². The Bertz CT molecular complexity index is 742. The van der Waals surface area contributed by atoms with Gasteiger partial charge in [-0.3, -0.25) is 9.79 Å². The van der Waals surface area contributed by atoms with Crippen molar-refractivity contribution in [1.29, 1.82) is 0 Å². The van der Waals surface area contributed by atoms with Crippen LogP contribution in [0.4, 0.5) is 18.0 Å². The molecule has 30 heavy (non-hydrogen) atoms. The fourth-order valence-corrected chi connectivity index (χ4v) is 4.08. The minimum Gasteiger partial charge on any atom is -0.480 e. The Morgan fingerprint density at radius 2 is 1.97 bits per heavy atom. The summed E-state index contributed by atoms with van der Waals surface area (Å²) >= 11 is 0. The molecule has 0 radical (unpaired) electrons. The van der Waals surface area contributed by atoms with Gasteiger partial charge < -0.3 is 10.4 Å². The Morgan fingerprint density at radius 1 is 1.33 bits per heavy atom. The molecule has 1 aliphatic carbocycles. The van der Waals surface area contributed by atoms with Crippen LogP contribution in [0.15, 0.2) is 28.9 Å². The molecule has 2 rings (SSSR count). The zero-order valence-electron chi connectivity index (χ0n) is 16.7. The highest BCUT2D eigenvalue weighted by molar-refractivity contribution is 6.07. The maximum atomic E-state index is 13.6. The van der Waals surface area contributed by atoms with Gasteiger partial charge in [0, 0.05) is 6.20 Å². The van der Waals surface area contributed by atoms with Crippen molar-refractivity contribution in [3.8, 4) is 0 Å². The Hall–Kier alpha value is -2.65. The summed E-state index contributed by atoms with van der Waals surface area (Å²) < 4.78 is 40.7. The summed E-state index contributed by atoms with van der Waals surface area (Å²) in [6.07, 6.45) is 2.64. The maximum absolute atomic E-state index is 13.6. The summed E-state index contributed by atoms with van der Waals surface area (Å²) in [6.45, 7) is 4.97. The highest BCUT2D eigenvalue weighted by Crippen LogP contribution is 2.37. The fraction of sp³-hybridized carbons (Fsp3) is 0.600. The number of hydrogen-bond acceptors (Lipinski definition) is 4. The molecular weight excluding hydrogens is 403 g/mol. The van der Waals surface area contributed by atoms with E-state index in [1.54, 1.807) is 19.1 Å². The van der Waals surface area contributed by atoms with E-state index in [-0.39, 0.29) is 6.42 Å². The van der Waals surface area contributed by atoms with Gasteiger partial charge in [-0.1, -0.05) is 25.3 Å². The van der Waals surface area contributed by atoms with Crippen LogP contribution in [0.25, 0.3) is 0 Å². The van der Waals surface area contributed by atoms with Gasteiger partial charge in [-0.05, 0) is 50.5 Å². The van der Waals surface area contributed by atoms with E-state index in [1.807, 2.05) is 5.32 Å². The van der Waals surface area contributed by atoms with Crippen molar-refractivity contribution in [3.05, 3.63) is 23.9 Å². The lowest BCUT2D eigenvalue weighted by Crippen LogP contribution is -2.69. The lowest BCUT2D eigenvalue weighted by Gasteiger charge is -2.44. The largest absolute Gasteiger partial charge is 0.480 e. The zero-order chi connectivity index (χ0) is 22.5. The van der Waals surface area contributed by atoms with Crippen LogP contribution in [0.1, 0.15) is 45.4 Å². The number of nitrogens with one attached hydrogen (secondary N) is 1. The van der Waals surface area contributed by atoms with E-state index < -0.39 is 48.0 Å². The number of β-lactam (4-membered cyclic amide) rings is 1. The molecule has 2 aliphatic rings. The van der Waals surface area contributed by atoms with Crippen LogP contribution in [-0.2, 0) is 9.59 Å². The second-order valence-corrected chi connectivity index (χ2v) is 7.53. The minimum atomic E-state index is -4.69. The highest BCUT2D eigenvalue weighted by Gasteiger charge is 2.56. The van der Waals surface area contributed by atoms with Crippen LogP contribution < -0.4 is 5.32 Å². The van der Waals surface area contributed by atoms with Gasteiger partial charge in [-0.2, -0.15) is 13.2 Å². The molecule has 2 fully saturated rings. The van der Waals surface area contributed by atoms with Crippen molar-refractivity contribution < 1.29 is 32.7 Å². The monoisotopic (exact) mass is 429 g/mol. The first-order chi connectivity index (χ1) is 14.1. The number of aliphatic imine (C=N–C) groups is 1. The van der Waals surface area contributed by atoms with Gasteiger partial charge in [0.05, 0.1) is 5.92 Å². The molecule has 0 bridgehead atoms. The number of halogens is 3. The molecule has 10 heteroatoms. The Morgan fingerprint density at radius 3 is 2.47 bits per heavy atom. The standard InChI is InChI=1S/C20H26F3N3O4/c1-3-12(9-10-24-2)11-14-15(18(28)29)26(17(14)27)19(30)25-16(20(21,22)23)13-7-5-4-6-8-13/h3,9-10,13-16H,2,4-8,11H2,1H3,(H,25,30)(H,28,29). The van der Waals surface area contributed by atoms with E-state index in [0.29, 0.717) is 36.2 Å². The zero-order valence-corrected chi connectivity index (χ0v) is 16.7. The molecule has 2 N–H and O–H groups in total. The number of carbonyl (C=O) groups is 3. The van der Waals surface area contributed by atoms with Crippen LogP contribution in [0, 0.1) is 11.8 Å². The number of likely N-dealkylation sites (tertiary alicyclic amines) is 1. The molecule has 1 heterocycles. The first kappa shape index (κ1) is 23.6. The number of rotatable bonds is 7. The number of amides is 3. The third-order valence-electron chi connectivity index (χ3n) is 5.66. The number of aliphatic carboxylic acids is 1. The number of carbonyl (C=O) groups excluding carboxylic acids is 2. The summed E-state index contributed by atoms with van der Waals surface area (Å²) in [5.41, 5.74) is 0.599. The Labute approximate surface area is 172 Å². The number of urea groups is 1. The molecule has 0 spiro atoms. The molecule has 1 saturated carbocycles. The van der Waals surface area contributed by atoms with Crippen molar-refractivity contribution in [3.63, 3.8) is 0 Å². The molecular formula is C20H26F3N3O4. The van der Waals surface area contributed by atoms with Gasteiger partial charge in [0.15, 0.2) is 6.04 Å². The van der Waals surface area contributed by atoms with Crippen LogP contribution in [-0.4, -0.2) is 52.9 Å². The third-order valence-corrected chi connectivity index (χ3v) is 5.66. The van der Waals surface area contributed by atoms with Gasteiger partial charge in [0.1, 0.15) is 6.04 Å². The first-order valence-electron chi connectivity index (χ1n) is 9.82. The minimum absolute atomic E-state index is 0.0213. The number of nitrogens with zero attached hydrogens (tertiary/aromatic N) is 2. The van der Waals surface area contributed by atoms with E-state index in [0.717, 1.165) is 6.42 Å². The van der Waals surface area contributed by atoms with Gasteiger partial charge in [0.2, 0.25) is 5.91 Å². The summed E-state index contributed by atoms with van der Waals surface area (Å²) in [5, 5.41) is 11.4. The van der Waals surface area contributed by atoms with Crippen LogP contribution in [0.3, 0.4) is 0 Å². The molecule has 1 saturated heterocycles. The van der Waals surface area contributed by atoms with Crippen LogP contribution in [0.2, 0.25) is 0 Å². The van der Waals surface area contributed by atoms with Crippen molar-refractivity contribution in [2.45, 2.75) is 63.7 Å². The molecule has 3 atom stereocenters. The number of allylic oxidation sites excluding steroid dienone is 3. The van der Waals surface area contributed by atoms with Crippen molar-refractivity contribution in [1.82, 2.24) is 10.2 Å². The average Bonchev–Trinajstić information content (AvgIpc) is 2.69. The molecule has 3 unspecified atom stereocenters. The topological polar surface area (TPSA) is 99.1 Å². The van der Waals surface area contributed by atoms with Gasteiger partial charge in [-0.25, -0.2) is 14.5 Å². The quantitative estimate of drug-likeness (QED) is 0.366. The second-order valence-electron chi connectivity index (χ2n) is 7.53. The fourth-order valence-electron chi connectivity index (χ4n) is 4.08. The number of carboxylic acid groups (broad SMARTS) is 1. The maximum Gasteiger partial charge on any atom is 0.408 e. The summed E-state index contributed by atoms with van der Waals surface area (Å²) in [6, 6.07) is -4.96. The smallest absolute Gasteiger partial charge is 0.408 e. The molecule has 3 amide bonds. The van der Waals surface area contributed by atoms with Crippen LogP contribution in [0.5, 0.6) is 0 Å². The number of hydrogen-bond donors (Lipinski definition) is 2. The molecule has 7 nitrogen and oxygen atoms in total. The lowest BCUT2D eigenvalue weighted by molar-refractivity contribution is -0.172. The van der Waals surface area contributed by atoms with Crippen molar-refractivity contribution in [2.75, 3.05) is 0 Å². The summed E-state index contributed by atoms with van der Waals surface area (Å²) in [5.74, 6) is -4.10. The predicted octanol–water partition coefficient (Wildman–Crippen LogP) is 3.67. The molecule has 166 valence electrons. The van der Waals surface area contributed by atoms with Gasteiger partial charge in [-0.15, -0.1) is 0 Å². The lowest BCUT2D eigenvalue weighted by atomic mass is 9.81. The number of alkyl halides is 3. The second kappa shape index (κ2) is 9.90. The third kappa shape index (κ3) is 5.28. The Kier molecular flexibility index (Phi) is 7.80.